The molecule has 120 valence electrons. The van der Waals surface area contributed by atoms with Crippen molar-refractivity contribution in [3.8, 4) is 0 Å². The maximum absolute atomic E-state index is 12.0. The maximum atomic E-state index is 12.0. The second-order valence-electron chi connectivity index (χ2n) is 6.22. The highest BCUT2D eigenvalue weighted by molar-refractivity contribution is 7.99. The molecule has 1 aromatic rings. The van der Waals surface area contributed by atoms with E-state index in [-0.39, 0.29) is 5.37 Å². The summed E-state index contributed by atoms with van der Waals surface area (Å²) in [5.41, 5.74) is 0.497. The van der Waals surface area contributed by atoms with Gasteiger partial charge in [-0.15, -0.1) is 11.8 Å². The van der Waals surface area contributed by atoms with Gasteiger partial charge >= 0.3 is 11.9 Å². The van der Waals surface area contributed by atoms with Crippen molar-refractivity contribution in [1.82, 2.24) is 4.90 Å². The van der Waals surface area contributed by atoms with E-state index >= 15 is 0 Å². The molecule has 0 aromatic heterocycles. The summed E-state index contributed by atoms with van der Waals surface area (Å²) < 4.78 is 5.20. The van der Waals surface area contributed by atoms with Gasteiger partial charge in [-0.1, -0.05) is 30.3 Å². The highest BCUT2D eigenvalue weighted by Crippen LogP contribution is 2.34. The van der Waals surface area contributed by atoms with Crippen LogP contribution in [0.1, 0.15) is 26.3 Å². The Morgan fingerprint density at radius 2 is 2.00 bits per heavy atom. The summed E-state index contributed by atoms with van der Waals surface area (Å²) in [5.74, 6) is -1.05. The number of ether oxygens (including phenoxy) is 1. The van der Waals surface area contributed by atoms with Gasteiger partial charge in [0.1, 0.15) is 5.60 Å². The summed E-state index contributed by atoms with van der Waals surface area (Å²) in [6, 6.07) is 8.75. The second-order valence-corrected chi connectivity index (χ2v) is 7.39. The van der Waals surface area contributed by atoms with E-state index in [0.29, 0.717) is 6.54 Å². The van der Waals surface area contributed by atoms with Crippen molar-refractivity contribution in [3.63, 3.8) is 0 Å². The average Bonchev–Trinajstić information content (AvgIpc) is 3.14. The van der Waals surface area contributed by atoms with Gasteiger partial charge in [0.2, 0.25) is 6.04 Å². The number of hydrogen-bond donors (Lipinski definition) is 1. The monoisotopic (exact) mass is 323 g/mol. The molecule has 6 heteroatoms. The molecule has 0 bridgehead atoms. The summed E-state index contributed by atoms with van der Waals surface area (Å²) in [5, 5.41) is 9.35. The Morgan fingerprint density at radius 1 is 1.36 bits per heavy atom. The van der Waals surface area contributed by atoms with Crippen LogP contribution in [0.5, 0.6) is 0 Å². The van der Waals surface area contributed by atoms with Crippen LogP contribution >= 0.6 is 11.8 Å². The molecule has 0 amide bonds. The van der Waals surface area contributed by atoms with Crippen LogP contribution in [0.25, 0.3) is 0 Å². The van der Waals surface area contributed by atoms with Crippen LogP contribution in [0, 0.1) is 0 Å². The van der Waals surface area contributed by atoms with Crippen molar-refractivity contribution >= 4 is 23.7 Å². The van der Waals surface area contributed by atoms with E-state index < -0.39 is 23.6 Å². The largest absolute Gasteiger partial charge is 0.480 e. The molecule has 3 atom stereocenters. The zero-order valence-corrected chi connectivity index (χ0v) is 13.8. The Labute approximate surface area is 134 Å². The first-order valence-electron chi connectivity index (χ1n) is 7.15. The van der Waals surface area contributed by atoms with Gasteiger partial charge in [0, 0.05) is 12.3 Å². The van der Waals surface area contributed by atoms with Gasteiger partial charge in [0.25, 0.3) is 0 Å². The van der Waals surface area contributed by atoms with Gasteiger partial charge < -0.3 is 9.84 Å². The van der Waals surface area contributed by atoms with Crippen LogP contribution in [0.4, 0.5) is 0 Å². The standard InChI is InChI=1S/C16H21NO4S/c1-16(2,3)21-15(20)13(14(18)19)17-9-12(17)22-10-11-7-5-4-6-8-11/h4-8,12-13H,9-10H2,1-3H3,(H,18,19). The summed E-state index contributed by atoms with van der Waals surface area (Å²) in [6.07, 6.45) is 0. The highest BCUT2D eigenvalue weighted by Gasteiger charge is 2.48. The lowest BCUT2D eigenvalue weighted by Gasteiger charge is -2.22. The number of benzene rings is 1. The first-order valence-corrected chi connectivity index (χ1v) is 8.20. The highest BCUT2D eigenvalue weighted by atomic mass is 32.2. The molecule has 1 aliphatic heterocycles. The fraction of sp³-hybridized carbons (Fsp3) is 0.500. The number of nitrogens with zero attached hydrogens (tertiary/aromatic N) is 1. The van der Waals surface area contributed by atoms with Gasteiger partial charge in [-0.25, -0.2) is 9.59 Å². The van der Waals surface area contributed by atoms with Crippen molar-refractivity contribution in [3.05, 3.63) is 35.9 Å². The van der Waals surface area contributed by atoms with E-state index in [9.17, 15) is 14.7 Å². The minimum absolute atomic E-state index is 0.0498. The molecule has 0 saturated carbocycles. The third-order valence-corrected chi connectivity index (χ3v) is 4.39. The van der Waals surface area contributed by atoms with Crippen LogP contribution in [-0.2, 0) is 20.1 Å². The minimum Gasteiger partial charge on any atom is -0.480 e. The average molecular weight is 323 g/mol. The quantitative estimate of drug-likeness (QED) is 0.492. The third kappa shape index (κ3) is 4.74. The van der Waals surface area contributed by atoms with Crippen molar-refractivity contribution in [2.45, 2.75) is 43.5 Å². The summed E-state index contributed by atoms with van der Waals surface area (Å²) in [7, 11) is 0. The molecule has 1 aliphatic rings. The molecule has 22 heavy (non-hydrogen) atoms. The SMILES string of the molecule is CC(C)(C)OC(=O)C(C(=O)O)N1CC1SCc1ccccc1. The van der Waals surface area contributed by atoms with Crippen LogP contribution in [0.15, 0.2) is 30.3 Å². The Morgan fingerprint density at radius 3 is 2.55 bits per heavy atom. The topological polar surface area (TPSA) is 66.6 Å². The molecular formula is C16H21NO4S. The van der Waals surface area contributed by atoms with Crippen molar-refractivity contribution in [1.29, 1.82) is 0 Å². The molecule has 1 aromatic carbocycles. The number of esters is 1. The molecular weight excluding hydrogens is 302 g/mol. The molecule has 1 N–H and O–H groups in total. The number of carbonyl (C=O) groups is 2. The zero-order valence-electron chi connectivity index (χ0n) is 13.0. The minimum atomic E-state index is -1.22. The van der Waals surface area contributed by atoms with E-state index in [1.54, 1.807) is 37.4 Å². The van der Waals surface area contributed by atoms with Crippen molar-refractivity contribution in [2.24, 2.45) is 0 Å². The van der Waals surface area contributed by atoms with Crippen molar-refractivity contribution in [2.75, 3.05) is 6.54 Å². The summed E-state index contributed by atoms with van der Waals surface area (Å²) in [4.78, 5) is 25.1. The summed E-state index contributed by atoms with van der Waals surface area (Å²) >= 11 is 1.64. The predicted molar refractivity (Wildman–Crippen MR) is 85.5 cm³/mol. The smallest absolute Gasteiger partial charge is 0.335 e. The van der Waals surface area contributed by atoms with Crippen LogP contribution in [0.3, 0.4) is 0 Å². The number of carboxylic acid groups (broad SMARTS) is 1. The van der Waals surface area contributed by atoms with Crippen LogP contribution in [-0.4, -0.2) is 45.5 Å². The zero-order chi connectivity index (χ0) is 16.3. The number of thioether (sulfide) groups is 1. The number of hydrogen-bond acceptors (Lipinski definition) is 5. The molecule has 1 saturated heterocycles. The number of carbonyl (C=O) groups excluding carboxylic acids is 1. The molecule has 1 heterocycles. The Hall–Kier alpha value is -1.53. The lowest BCUT2D eigenvalue weighted by atomic mass is 10.2. The summed E-state index contributed by atoms with van der Waals surface area (Å²) in [6.45, 7) is 5.78. The Kier molecular flexibility index (Phi) is 5.13. The lowest BCUT2D eigenvalue weighted by molar-refractivity contribution is -0.165. The van der Waals surface area contributed by atoms with Gasteiger partial charge in [-0.2, -0.15) is 0 Å². The number of carboxylic acids is 1. The van der Waals surface area contributed by atoms with Gasteiger partial charge in [-0.05, 0) is 26.3 Å². The fourth-order valence-corrected chi connectivity index (χ4v) is 3.22. The van der Waals surface area contributed by atoms with E-state index in [2.05, 4.69) is 0 Å². The van der Waals surface area contributed by atoms with Crippen LogP contribution < -0.4 is 0 Å². The maximum Gasteiger partial charge on any atom is 0.335 e. The molecule has 0 aliphatic carbocycles. The molecule has 1 fully saturated rings. The molecule has 3 unspecified atom stereocenters. The molecule has 0 radical (unpaired) electrons. The fourth-order valence-electron chi connectivity index (χ4n) is 2.06. The van der Waals surface area contributed by atoms with Crippen LogP contribution in [0.2, 0.25) is 0 Å². The van der Waals surface area contributed by atoms with Gasteiger partial charge in [0.05, 0.1) is 5.37 Å². The first-order chi connectivity index (χ1) is 10.3. The molecule has 5 nitrogen and oxygen atoms in total. The van der Waals surface area contributed by atoms with E-state index in [1.165, 1.54) is 5.56 Å². The van der Waals surface area contributed by atoms with Gasteiger partial charge in [0.15, 0.2) is 0 Å². The van der Waals surface area contributed by atoms with Crippen molar-refractivity contribution < 1.29 is 19.4 Å². The number of rotatable bonds is 6. The second kappa shape index (κ2) is 6.71. The Balaban J connectivity index is 1.90. The molecule has 2 rings (SSSR count). The van der Waals surface area contributed by atoms with Gasteiger partial charge in [-0.3, -0.25) is 4.90 Å². The predicted octanol–water partition coefficient (Wildman–Crippen LogP) is 2.36. The lowest BCUT2D eigenvalue weighted by Crippen LogP contribution is -2.42. The van der Waals surface area contributed by atoms with E-state index in [4.69, 9.17) is 4.74 Å². The number of aliphatic carboxylic acids is 1. The Bertz CT molecular complexity index is 541. The normalized spacial score (nSPS) is 22.0. The van der Waals surface area contributed by atoms with E-state index in [0.717, 1.165) is 5.75 Å². The molecule has 0 spiro atoms. The van der Waals surface area contributed by atoms with E-state index in [1.807, 2.05) is 30.3 Å². The third-order valence-electron chi connectivity index (χ3n) is 3.08. The first kappa shape index (κ1) is 16.8.